The number of aryl methyl sites for hydroxylation is 3. The zero-order valence-corrected chi connectivity index (χ0v) is 26.7. The lowest BCUT2D eigenvalue weighted by Crippen LogP contribution is -2.55. The van der Waals surface area contributed by atoms with Gasteiger partial charge in [-0.05, 0) is 83.4 Å². The van der Waals surface area contributed by atoms with Crippen LogP contribution in [0.3, 0.4) is 0 Å². The predicted molar refractivity (Wildman–Crippen MR) is 167 cm³/mol. The highest BCUT2D eigenvalue weighted by atomic mass is 32.2. The zero-order valence-electron chi connectivity index (χ0n) is 25.9. The maximum atomic E-state index is 14.3. The lowest BCUT2D eigenvalue weighted by molar-refractivity contribution is -0.141. The van der Waals surface area contributed by atoms with Crippen molar-refractivity contribution < 1.29 is 22.7 Å². The number of sulfonamides is 1. The Balaban J connectivity index is 2.15. The molecular weight excluding hydrogens is 550 g/mol. The van der Waals surface area contributed by atoms with Crippen molar-refractivity contribution >= 4 is 27.5 Å². The highest BCUT2D eigenvalue weighted by molar-refractivity contribution is 7.92. The molecule has 0 unspecified atom stereocenters. The van der Waals surface area contributed by atoms with Crippen LogP contribution in [0.1, 0.15) is 56.4 Å². The van der Waals surface area contributed by atoms with Crippen molar-refractivity contribution in [3.8, 4) is 5.75 Å². The number of nitrogens with zero attached hydrogens (tertiary/aromatic N) is 2. The van der Waals surface area contributed by atoms with Crippen molar-refractivity contribution in [1.82, 2.24) is 10.2 Å². The smallest absolute Gasteiger partial charge is 0.264 e. The van der Waals surface area contributed by atoms with E-state index in [1.54, 1.807) is 24.3 Å². The summed E-state index contributed by atoms with van der Waals surface area (Å²) in [4.78, 5) is 29.3. The van der Waals surface area contributed by atoms with Gasteiger partial charge in [-0.15, -0.1) is 0 Å². The van der Waals surface area contributed by atoms with E-state index in [1.807, 2.05) is 78.8 Å². The fourth-order valence-electron chi connectivity index (χ4n) is 4.73. The Morgan fingerprint density at radius 2 is 1.52 bits per heavy atom. The van der Waals surface area contributed by atoms with E-state index in [-0.39, 0.29) is 23.0 Å². The summed E-state index contributed by atoms with van der Waals surface area (Å²) in [5.41, 5.74) is 3.29. The van der Waals surface area contributed by atoms with Crippen LogP contribution in [0.25, 0.3) is 0 Å². The molecule has 226 valence electrons. The molecule has 0 fully saturated rings. The summed E-state index contributed by atoms with van der Waals surface area (Å²) in [5, 5.41) is 2.99. The molecule has 3 aromatic carbocycles. The Hall–Kier alpha value is -3.85. The summed E-state index contributed by atoms with van der Waals surface area (Å²) in [6.45, 7) is 12.8. The molecule has 0 saturated carbocycles. The van der Waals surface area contributed by atoms with Crippen LogP contribution in [-0.4, -0.2) is 50.4 Å². The van der Waals surface area contributed by atoms with Crippen LogP contribution in [0, 0.1) is 20.8 Å². The first-order chi connectivity index (χ1) is 19.7. The molecular formula is C33H43N3O5S. The van der Waals surface area contributed by atoms with Crippen LogP contribution < -0.4 is 14.4 Å². The van der Waals surface area contributed by atoms with Crippen LogP contribution in [0.2, 0.25) is 0 Å². The van der Waals surface area contributed by atoms with Crippen molar-refractivity contribution in [3.63, 3.8) is 0 Å². The van der Waals surface area contributed by atoms with Crippen molar-refractivity contribution in [2.75, 3.05) is 18.0 Å². The summed E-state index contributed by atoms with van der Waals surface area (Å²) >= 11 is 0. The standard InChI is InChI=1S/C33H43N3O5S/c1-9-28(32(38)34-33(5,6)7)35(21-26-12-10-11-24(3)19-26)31(37)22-36(29-20-25(4)15-18-30(29)41-8)42(39,40)27-16-13-23(2)14-17-27/h10-20,28H,9,21-22H2,1-8H3,(H,34,38)/t28-/m1/s1. The predicted octanol–water partition coefficient (Wildman–Crippen LogP) is 5.54. The van der Waals surface area contributed by atoms with Crippen molar-refractivity contribution in [2.45, 2.75) is 77.9 Å². The molecule has 1 atom stereocenters. The average molecular weight is 594 g/mol. The first kappa shape index (κ1) is 32.7. The van der Waals surface area contributed by atoms with Gasteiger partial charge in [0, 0.05) is 12.1 Å². The van der Waals surface area contributed by atoms with E-state index in [2.05, 4.69) is 5.32 Å². The first-order valence-corrected chi connectivity index (χ1v) is 15.5. The largest absolute Gasteiger partial charge is 0.495 e. The van der Waals surface area contributed by atoms with E-state index in [1.165, 1.54) is 24.1 Å². The number of ether oxygens (including phenoxy) is 1. The minimum absolute atomic E-state index is 0.0483. The van der Waals surface area contributed by atoms with Gasteiger partial charge in [-0.25, -0.2) is 8.42 Å². The van der Waals surface area contributed by atoms with E-state index >= 15 is 0 Å². The minimum Gasteiger partial charge on any atom is -0.495 e. The Kier molecular flexibility index (Phi) is 10.4. The number of carbonyl (C=O) groups excluding carboxylic acids is 2. The number of nitrogens with one attached hydrogen (secondary N) is 1. The normalized spacial score (nSPS) is 12.4. The molecule has 3 rings (SSSR count). The zero-order chi connectivity index (χ0) is 31.2. The molecule has 3 aromatic rings. The summed E-state index contributed by atoms with van der Waals surface area (Å²) in [5.74, 6) is -0.495. The number of rotatable bonds is 11. The second-order valence-corrected chi connectivity index (χ2v) is 13.5. The van der Waals surface area contributed by atoms with Gasteiger partial charge in [0.05, 0.1) is 17.7 Å². The lowest BCUT2D eigenvalue weighted by Gasteiger charge is -2.35. The maximum Gasteiger partial charge on any atom is 0.264 e. The van der Waals surface area contributed by atoms with Gasteiger partial charge in [-0.3, -0.25) is 13.9 Å². The van der Waals surface area contributed by atoms with Gasteiger partial charge in [0.2, 0.25) is 11.8 Å². The Morgan fingerprint density at radius 1 is 0.905 bits per heavy atom. The van der Waals surface area contributed by atoms with Gasteiger partial charge in [0.15, 0.2) is 0 Å². The lowest BCUT2D eigenvalue weighted by atomic mass is 10.0. The summed E-state index contributed by atoms with van der Waals surface area (Å²) in [6.07, 6.45) is 0.345. The molecule has 0 saturated heterocycles. The molecule has 0 aromatic heterocycles. The highest BCUT2D eigenvalue weighted by Gasteiger charge is 2.35. The van der Waals surface area contributed by atoms with Crippen molar-refractivity contribution in [3.05, 3.63) is 89.0 Å². The monoisotopic (exact) mass is 593 g/mol. The topological polar surface area (TPSA) is 96.0 Å². The number of benzene rings is 3. The fraction of sp³-hybridized carbons (Fsp3) is 0.394. The summed E-state index contributed by atoms with van der Waals surface area (Å²) in [6, 6.07) is 18.6. The molecule has 9 heteroatoms. The molecule has 1 N–H and O–H groups in total. The van der Waals surface area contributed by atoms with Crippen LogP contribution >= 0.6 is 0 Å². The van der Waals surface area contributed by atoms with E-state index in [9.17, 15) is 18.0 Å². The highest BCUT2D eigenvalue weighted by Crippen LogP contribution is 2.34. The summed E-state index contributed by atoms with van der Waals surface area (Å²) < 4.78 is 35.0. The Morgan fingerprint density at radius 3 is 2.10 bits per heavy atom. The average Bonchev–Trinajstić information content (AvgIpc) is 2.90. The number of hydrogen-bond donors (Lipinski definition) is 1. The van der Waals surface area contributed by atoms with Crippen molar-refractivity contribution in [1.29, 1.82) is 0 Å². The third kappa shape index (κ3) is 8.12. The quantitative estimate of drug-likeness (QED) is 0.315. The number of carbonyl (C=O) groups is 2. The van der Waals surface area contributed by atoms with Gasteiger partial charge >= 0.3 is 0 Å². The van der Waals surface area contributed by atoms with Gasteiger partial charge in [0.25, 0.3) is 10.0 Å². The molecule has 0 aliphatic carbocycles. The van der Waals surface area contributed by atoms with E-state index < -0.39 is 34.1 Å². The van der Waals surface area contributed by atoms with E-state index in [0.717, 1.165) is 26.6 Å². The van der Waals surface area contributed by atoms with Crippen LogP contribution in [-0.2, 0) is 26.2 Å². The van der Waals surface area contributed by atoms with Crippen LogP contribution in [0.5, 0.6) is 5.75 Å². The molecule has 0 radical (unpaired) electrons. The third-order valence-corrected chi connectivity index (χ3v) is 8.58. The van der Waals surface area contributed by atoms with Gasteiger partial charge in [-0.2, -0.15) is 0 Å². The second kappa shape index (κ2) is 13.4. The second-order valence-electron chi connectivity index (χ2n) is 11.7. The van der Waals surface area contributed by atoms with E-state index in [0.29, 0.717) is 12.2 Å². The van der Waals surface area contributed by atoms with E-state index in [4.69, 9.17) is 4.74 Å². The molecule has 0 bridgehead atoms. The molecule has 42 heavy (non-hydrogen) atoms. The van der Waals surface area contributed by atoms with Crippen LogP contribution in [0.4, 0.5) is 5.69 Å². The van der Waals surface area contributed by atoms with Gasteiger partial charge in [-0.1, -0.05) is 60.5 Å². The van der Waals surface area contributed by atoms with Gasteiger partial charge < -0.3 is 15.0 Å². The summed E-state index contributed by atoms with van der Waals surface area (Å²) in [7, 11) is -2.75. The molecule has 2 amide bonds. The van der Waals surface area contributed by atoms with Crippen LogP contribution in [0.15, 0.2) is 71.6 Å². The Labute approximate surface area is 250 Å². The van der Waals surface area contributed by atoms with Crippen molar-refractivity contribution in [2.24, 2.45) is 0 Å². The molecule has 0 spiro atoms. The Bertz CT molecular complexity index is 1510. The molecule has 0 aliphatic heterocycles. The maximum absolute atomic E-state index is 14.3. The number of anilines is 1. The fourth-order valence-corrected chi connectivity index (χ4v) is 6.14. The number of methoxy groups -OCH3 is 1. The molecule has 0 aliphatic rings. The number of hydrogen-bond acceptors (Lipinski definition) is 5. The number of amides is 2. The minimum atomic E-state index is -4.20. The first-order valence-electron chi connectivity index (χ1n) is 14.1. The molecule has 0 heterocycles. The van der Waals surface area contributed by atoms with Gasteiger partial charge in [0.1, 0.15) is 18.3 Å². The third-order valence-electron chi connectivity index (χ3n) is 6.81. The SMILES string of the molecule is CC[C@H](C(=O)NC(C)(C)C)N(Cc1cccc(C)c1)C(=O)CN(c1cc(C)ccc1OC)S(=O)(=O)c1ccc(C)cc1. The molecule has 8 nitrogen and oxygen atoms in total.